The lowest BCUT2D eigenvalue weighted by molar-refractivity contribution is -0.167. The van der Waals surface area contributed by atoms with Gasteiger partial charge in [-0.25, -0.2) is 0 Å². The molecule has 0 saturated heterocycles. The predicted octanol–water partition coefficient (Wildman–Crippen LogP) is 16.8. The zero-order valence-electron chi connectivity index (χ0n) is 40.5. The van der Waals surface area contributed by atoms with Crippen molar-refractivity contribution >= 4 is 17.9 Å². The number of rotatable bonds is 44. The average molecular weight is 873 g/mol. The number of carbonyl (C=O) groups is 3. The molecule has 0 aromatic carbocycles. The van der Waals surface area contributed by atoms with Gasteiger partial charge in [-0.1, -0.05) is 201 Å². The summed E-state index contributed by atoms with van der Waals surface area (Å²) in [6, 6.07) is 0. The Kier molecular flexibility index (Phi) is 47.5. The molecule has 6 nitrogen and oxygen atoms in total. The summed E-state index contributed by atoms with van der Waals surface area (Å²) >= 11 is 0. The van der Waals surface area contributed by atoms with E-state index in [1.54, 1.807) is 0 Å². The highest BCUT2D eigenvalue weighted by atomic mass is 16.6. The van der Waals surface area contributed by atoms with Crippen LogP contribution in [-0.2, 0) is 28.6 Å². The summed E-state index contributed by atoms with van der Waals surface area (Å²) in [6.07, 6.45) is 67.9. The number of hydrogen-bond donors (Lipinski definition) is 0. The number of hydrogen-bond acceptors (Lipinski definition) is 6. The molecule has 0 bridgehead atoms. The average Bonchev–Trinajstić information content (AvgIpc) is 3.28. The van der Waals surface area contributed by atoms with Gasteiger partial charge in [-0.3, -0.25) is 14.4 Å². The van der Waals surface area contributed by atoms with Crippen LogP contribution in [0.15, 0.2) is 109 Å². The van der Waals surface area contributed by atoms with Gasteiger partial charge in [0.2, 0.25) is 0 Å². The highest BCUT2D eigenvalue weighted by Gasteiger charge is 2.19. The van der Waals surface area contributed by atoms with Gasteiger partial charge in [-0.15, -0.1) is 0 Å². The summed E-state index contributed by atoms with van der Waals surface area (Å²) in [7, 11) is 0. The van der Waals surface area contributed by atoms with Gasteiger partial charge in [-0.05, 0) is 103 Å². The van der Waals surface area contributed by atoms with E-state index in [1.165, 1.54) is 57.8 Å². The zero-order chi connectivity index (χ0) is 45.8. The molecule has 0 aliphatic rings. The van der Waals surface area contributed by atoms with Crippen molar-refractivity contribution < 1.29 is 28.6 Å². The van der Waals surface area contributed by atoms with Crippen LogP contribution in [0.5, 0.6) is 0 Å². The Morgan fingerprint density at radius 3 is 1.14 bits per heavy atom. The lowest BCUT2D eigenvalue weighted by atomic mass is 10.1. The van der Waals surface area contributed by atoms with Gasteiger partial charge < -0.3 is 14.2 Å². The van der Waals surface area contributed by atoms with Crippen molar-refractivity contribution in [3.05, 3.63) is 109 Å². The first-order valence-electron chi connectivity index (χ1n) is 25.4. The lowest BCUT2D eigenvalue weighted by Crippen LogP contribution is -2.30. The number of esters is 3. The summed E-state index contributed by atoms with van der Waals surface area (Å²) in [5.41, 5.74) is 0. The minimum absolute atomic E-state index is 0.116. The molecule has 0 heterocycles. The minimum Gasteiger partial charge on any atom is -0.462 e. The number of ether oxygens (including phenoxy) is 3. The Balaban J connectivity index is 4.53. The molecule has 0 radical (unpaired) electrons. The van der Waals surface area contributed by atoms with Gasteiger partial charge in [0.15, 0.2) is 6.10 Å². The topological polar surface area (TPSA) is 78.9 Å². The third-order valence-corrected chi connectivity index (χ3v) is 10.3. The van der Waals surface area contributed by atoms with E-state index in [9.17, 15) is 14.4 Å². The molecule has 63 heavy (non-hydrogen) atoms. The number of unbranched alkanes of at least 4 members (excludes halogenated alkanes) is 18. The Bertz CT molecular complexity index is 1330. The normalized spacial score (nSPS) is 13.0. The molecule has 0 aliphatic heterocycles. The van der Waals surface area contributed by atoms with E-state index in [4.69, 9.17) is 14.2 Å². The van der Waals surface area contributed by atoms with Crippen molar-refractivity contribution in [2.75, 3.05) is 13.2 Å². The van der Waals surface area contributed by atoms with Crippen molar-refractivity contribution in [2.24, 2.45) is 0 Å². The van der Waals surface area contributed by atoms with Crippen LogP contribution in [-0.4, -0.2) is 37.2 Å². The standard InChI is InChI=1S/C57H92O6/c1-4-7-10-13-16-19-22-24-26-28-30-31-33-35-38-41-44-47-50-56(59)62-53-54(52-61-55(58)49-46-43-40-37-21-18-15-12-9-6-3)63-57(60)51-48-45-42-39-36-34-32-29-27-25-23-20-17-14-11-8-5-2/h15-20,22,24-28,30-32,34,39,42,54H,4-14,21,23,29,33,35-38,40-41,43-53H2,1-3H3/b18-15-,19-16-,20-17-,24-22-,27-25-,28-26-,31-30-,34-32-,42-39-. The second-order valence-corrected chi connectivity index (χ2v) is 16.5. The summed E-state index contributed by atoms with van der Waals surface area (Å²) in [5.74, 6) is -1.02. The quantitative estimate of drug-likeness (QED) is 0.0199. The van der Waals surface area contributed by atoms with E-state index < -0.39 is 6.10 Å². The predicted molar refractivity (Wildman–Crippen MR) is 270 cm³/mol. The Hall–Kier alpha value is -3.93. The molecule has 0 saturated carbocycles. The first kappa shape index (κ1) is 59.1. The van der Waals surface area contributed by atoms with Crippen molar-refractivity contribution in [1.29, 1.82) is 0 Å². The summed E-state index contributed by atoms with van der Waals surface area (Å²) < 4.78 is 16.7. The molecule has 0 fully saturated rings. The monoisotopic (exact) mass is 873 g/mol. The molecule has 0 aliphatic carbocycles. The van der Waals surface area contributed by atoms with E-state index in [0.717, 1.165) is 109 Å². The SMILES string of the molecule is CCCC/C=C\CCCCCCC(=O)OCC(COC(=O)CCCCCCC\C=C/C=C\C=C/C=C\CCCCC)OC(=O)CCC/C=C\C/C=C\C/C=C\C/C=C\CCCCC. The lowest BCUT2D eigenvalue weighted by Gasteiger charge is -2.18. The third kappa shape index (κ3) is 49.0. The van der Waals surface area contributed by atoms with Crippen LogP contribution in [0.25, 0.3) is 0 Å². The van der Waals surface area contributed by atoms with Crippen molar-refractivity contribution in [3.63, 3.8) is 0 Å². The molecule has 1 atom stereocenters. The second kappa shape index (κ2) is 50.7. The van der Waals surface area contributed by atoms with Crippen LogP contribution < -0.4 is 0 Å². The van der Waals surface area contributed by atoms with Gasteiger partial charge in [-0.2, -0.15) is 0 Å². The number of allylic oxidation sites excluding steroid dienone is 18. The van der Waals surface area contributed by atoms with Crippen LogP contribution in [0.1, 0.15) is 213 Å². The van der Waals surface area contributed by atoms with Crippen LogP contribution in [0, 0.1) is 0 Å². The molecule has 0 aromatic rings. The maximum Gasteiger partial charge on any atom is 0.306 e. The van der Waals surface area contributed by atoms with E-state index in [1.807, 2.05) is 0 Å². The molecule has 0 aromatic heterocycles. The largest absolute Gasteiger partial charge is 0.462 e. The number of carbonyl (C=O) groups excluding carboxylic acids is 3. The third-order valence-electron chi connectivity index (χ3n) is 10.3. The molecular weight excluding hydrogens is 781 g/mol. The van der Waals surface area contributed by atoms with Crippen LogP contribution in [0.3, 0.4) is 0 Å². The molecule has 0 spiro atoms. The van der Waals surface area contributed by atoms with E-state index in [0.29, 0.717) is 19.3 Å². The van der Waals surface area contributed by atoms with Crippen molar-refractivity contribution in [3.8, 4) is 0 Å². The molecule has 6 heteroatoms. The van der Waals surface area contributed by atoms with Crippen LogP contribution in [0.2, 0.25) is 0 Å². The molecular formula is C57H92O6. The van der Waals surface area contributed by atoms with E-state index in [2.05, 4.69) is 130 Å². The summed E-state index contributed by atoms with van der Waals surface area (Å²) in [4.78, 5) is 37.9. The van der Waals surface area contributed by atoms with Gasteiger partial charge in [0.05, 0.1) is 0 Å². The zero-order valence-corrected chi connectivity index (χ0v) is 40.5. The first-order valence-corrected chi connectivity index (χ1v) is 25.4. The van der Waals surface area contributed by atoms with Crippen molar-refractivity contribution in [1.82, 2.24) is 0 Å². The fourth-order valence-electron chi connectivity index (χ4n) is 6.43. The van der Waals surface area contributed by atoms with Crippen molar-refractivity contribution in [2.45, 2.75) is 219 Å². The van der Waals surface area contributed by atoms with Gasteiger partial charge in [0, 0.05) is 19.3 Å². The summed E-state index contributed by atoms with van der Waals surface area (Å²) in [5, 5.41) is 0. The first-order chi connectivity index (χ1) is 31.0. The van der Waals surface area contributed by atoms with Crippen LogP contribution >= 0.6 is 0 Å². The maximum atomic E-state index is 12.8. The van der Waals surface area contributed by atoms with Gasteiger partial charge in [0.25, 0.3) is 0 Å². The highest BCUT2D eigenvalue weighted by Crippen LogP contribution is 2.12. The van der Waals surface area contributed by atoms with E-state index >= 15 is 0 Å². The second-order valence-electron chi connectivity index (χ2n) is 16.5. The molecule has 356 valence electrons. The Morgan fingerprint density at radius 2 is 0.667 bits per heavy atom. The summed E-state index contributed by atoms with van der Waals surface area (Å²) in [6.45, 7) is 6.43. The molecule has 1 unspecified atom stereocenters. The smallest absolute Gasteiger partial charge is 0.306 e. The fraction of sp³-hybridized carbons (Fsp3) is 0.632. The molecule has 0 amide bonds. The van der Waals surface area contributed by atoms with Gasteiger partial charge in [0.1, 0.15) is 13.2 Å². The maximum absolute atomic E-state index is 12.8. The highest BCUT2D eigenvalue weighted by molar-refractivity contribution is 5.71. The molecule has 0 N–H and O–H groups in total. The van der Waals surface area contributed by atoms with E-state index in [-0.39, 0.29) is 37.5 Å². The minimum atomic E-state index is -0.822. The Morgan fingerprint density at radius 1 is 0.333 bits per heavy atom. The molecule has 0 rings (SSSR count). The van der Waals surface area contributed by atoms with Gasteiger partial charge >= 0.3 is 17.9 Å². The Labute approximate surface area is 387 Å². The fourth-order valence-corrected chi connectivity index (χ4v) is 6.43. The van der Waals surface area contributed by atoms with Crippen LogP contribution in [0.4, 0.5) is 0 Å².